The zero-order valence-electron chi connectivity index (χ0n) is 11.7. The van der Waals surface area contributed by atoms with Crippen molar-refractivity contribution in [2.24, 2.45) is 5.73 Å². The number of non-ortho nitro benzene ring substituents is 1. The molecule has 8 nitrogen and oxygen atoms in total. The predicted molar refractivity (Wildman–Crippen MR) is 77.1 cm³/mol. The SMILES string of the molecule is CC1CCCC(CN)N1c1ccc([N+](=O)[O-])c2nonc12. The van der Waals surface area contributed by atoms with E-state index in [0.29, 0.717) is 18.1 Å². The molecule has 1 fully saturated rings. The second kappa shape index (κ2) is 5.28. The Morgan fingerprint density at radius 1 is 1.43 bits per heavy atom. The molecule has 2 N–H and O–H groups in total. The van der Waals surface area contributed by atoms with E-state index in [-0.39, 0.29) is 17.2 Å². The van der Waals surface area contributed by atoms with Crippen molar-refractivity contribution < 1.29 is 9.55 Å². The first-order valence-corrected chi connectivity index (χ1v) is 7.01. The molecule has 0 radical (unpaired) electrons. The third-order valence-corrected chi connectivity index (χ3v) is 4.15. The molecule has 2 aromatic rings. The average molecular weight is 291 g/mol. The first-order chi connectivity index (χ1) is 10.1. The van der Waals surface area contributed by atoms with Gasteiger partial charge in [-0.1, -0.05) is 0 Å². The van der Waals surface area contributed by atoms with Crippen molar-refractivity contribution >= 4 is 22.4 Å². The maximum absolute atomic E-state index is 11.0. The molecular weight excluding hydrogens is 274 g/mol. The summed E-state index contributed by atoms with van der Waals surface area (Å²) in [6, 6.07) is 3.68. The molecule has 2 atom stereocenters. The van der Waals surface area contributed by atoms with Crippen LogP contribution in [-0.2, 0) is 0 Å². The number of anilines is 1. The third-order valence-electron chi connectivity index (χ3n) is 4.15. The minimum atomic E-state index is -0.476. The minimum Gasteiger partial charge on any atom is -0.363 e. The Balaban J connectivity index is 2.13. The molecule has 0 spiro atoms. The Hall–Kier alpha value is -2.22. The zero-order valence-corrected chi connectivity index (χ0v) is 11.7. The van der Waals surface area contributed by atoms with Crippen LogP contribution in [0.3, 0.4) is 0 Å². The highest BCUT2D eigenvalue weighted by atomic mass is 16.6. The van der Waals surface area contributed by atoms with Crippen LogP contribution in [0.15, 0.2) is 16.8 Å². The van der Waals surface area contributed by atoms with Gasteiger partial charge in [0.25, 0.3) is 0 Å². The van der Waals surface area contributed by atoms with Crippen LogP contribution in [0.5, 0.6) is 0 Å². The Kier molecular flexibility index (Phi) is 3.46. The maximum Gasteiger partial charge on any atom is 0.300 e. The summed E-state index contributed by atoms with van der Waals surface area (Å²) in [5.41, 5.74) is 7.21. The van der Waals surface area contributed by atoms with Crippen LogP contribution in [0, 0.1) is 10.1 Å². The minimum absolute atomic E-state index is 0.0936. The molecule has 0 amide bonds. The molecule has 21 heavy (non-hydrogen) atoms. The zero-order chi connectivity index (χ0) is 15.0. The van der Waals surface area contributed by atoms with Crippen LogP contribution in [0.25, 0.3) is 11.0 Å². The molecule has 3 rings (SSSR count). The van der Waals surface area contributed by atoms with E-state index in [1.165, 1.54) is 6.07 Å². The number of hydrogen-bond donors (Lipinski definition) is 1. The van der Waals surface area contributed by atoms with Crippen LogP contribution in [0.2, 0.25) is 0 Å². The van der Waals surface area contributed by atoms with Gasteiger partial charge in [-0.25, -0.2) is 4.63 Å². The van der Waals surface area contributed by atoms with Crippen molar-refractivity contribution in [2.75, 3.05) is 11.4 Å². The summed E-state index contributed by atoms with van der Waals surface area (Å²) in [5.74, 6) is 0. The lowest BCUT2D eigenvalue weighted by atomic mass is 9.95. The molecule has 2 unspecified atom stereocenters. The first kappa shape index (κ1) is 13.7. The molecule has 1 aromatic carbocycles. The summed E-state index contributed by atoms with van der Waals surface area (Å²) in [5, 5.41) is 18.6. The average Bonchev–Trinajstić information content (AvgIpc) is 2.95. The van der Waals surface area contributed by atoms with E-state index in [1.807, 2.05) is 0 Å². The van der Waals surface area contributed by atoms with Gasteiger partial charge in [-0.2, -0.15) is 0 Å². The Bertz CT molecular complexity index is 671. The number of aromatic nitrogens is 2. The number of rotatable bonds is 3. The molecule has 0 bridgehead atoms. The van der Waals surface area contributed by atoms with E-state index in [1.54, 1.807) is 6.07 Å². The van der Waals surface area contributed by atoms with Crippen molar-refractivity contribution in [1.82, 2.24) is 10.3 Å². The normalized spacial score (nSPS) is 22.7. The van der Waals surface area contributed by atoms with Crippen molar-refractivity contribution in [2.45, 2.75) is 38.3 Å². The standard InChI is InChI=1S/C13H17N5O3/c1-8-3-2-4-9(7-14)17(8)10-5-6-11(18(19)20)13-12(10)15-21-16-13/h5-6,8-9H,2-4,7,14H2,1H3. The number of nitrogens with two attached hydrogens (primary N) is 1. The fraction of sp³-hybridized carbons (Fsp3) is 0.538. The van der Waals surface area contributed by atoms with Gasteiger partial charge in [0.15, 0.2) is 5.52 Å². The van der Waals surface area contributed by atoms with E-state index in [2.05, 4.69) is 22.1 Å². The number of benzene rings is 1. The highest BCUT2D eigenvalue weighted by Crippen LogP contribution is 2.36. The molecular formula is C13H17N5O3. The molecule has 1 saturated heterocycles. The molecule has 112 valence electrons. The highest BCUT2D eigenvalue weighted by molar-refractivity contribution is 5.94. The van der Waals surface area contributed by atoms with Gasteiger partial charge in [0.2, 0.25) is 5.52 Å². The smallest absolute Gasteiger partial charge is 0.300 e. The summed E-state index contributed by atoms with van der Waals surface area (Å²) < 4.78 is 4.73. The van der Waals surface area contributed by atoms with Crippen molar-refractivity contribution in [3.05, 3.63) is 22.2 Å². The summed E-state index contributed by atoms with van der Waals surface area (Å²) >= 11 is 0. The Morgan fingerprint density at radius 2 is 2.19 bits per heavy atom. The van der Waals surface area contributed by atoms with Gasteiger partial charge in [-0.15, -0.1) is 0 Å². The fourth-order valence-corrected chi connectivity index (χ4v) is 3.15. The lowest BCUT2D eigenvalue weighted by molar-refractivity contribution is -0.383. The first-order valence-electron chi connectivity index (χ1n) is 7.01. The van der Waals surface area contributed by atoms with Crippen LogP contribution < -0.4 is 10.6 Å². The number of nitro groups is 1. The Morgan fingerprint density at radius 3 is 2.90 bits per heavy atom. The monoisotopic (exact) mass is 291 g/mol. The van der Waals surface area contributed by atoms with Crippen molar-refractivity contribution in [3.63, 3.8) is 0 Å². The molecule has 0 aliphatic carbocycles. The van der Waals surface area contributed by atoms with E-state index in [9.17, 15) is 10.1 Å². The van der Waals surface area contributed by atoms with Crippen molar-refractivity contribution in [3.8, 4) is 0 Å². The quantitative estimate of drug-likeness (QED) is 0.678. The van der Waals surface area contributed by atoms with Gasteiger partial charge in [-0.05, 0) is 42.6 Å². The topological polar surface area (TPSA) is 111 Å². The number of nitro benzene ring substituents is 1. The molecule has 1 aliphatic heterocycles. The van der Waals surface area contributed by atoms with E-state index < -0.39 is 4.92 Å². The number of fused-ring (bicyclic) bond motifs is 1. The summed E-state index contributed by atoms with van der Waals surface area (Å²) in [6.45, 7) is 2.66. The van der Waals surface area contributed by atoms with Crippen LogP contribution in [0.1, 0.15) is 26.2 Å². The second-order valence-electron chi connectivity index (χ2n) is 5.40. The highest BCUT2D eigenvalue weighted by Gasteiger charge is 2.31. The lowest BCUT2D eigenvalue weighted by Gasteiger charge is -2.42. The van der Waals surface area contributed by atoms with E-state index >= 15 is 0 Å². The maximum atomic E-state index is 11.0. The molecule has 8 heteroatoms. The van der Waals surface area contributed by atoms with Gasteiger partial charge in [0, 0.05) is 24.7 Å². The van der Waals surface area contributed by atoms with Gasteiger partial charge in [-0.3, -0.25) is 10.1 Å². The van der Waals surface area contributed by atoms with Gasteiger partial charge < -0.3 is 10.6 Å². The summed E-state index contributed by atoms with van der Waals surface area (Å²) in [4.78, 5) is 12.8. The number of hydrogen-bond acceptors (Lipinski definition) is 7. The van der Waals surface area contributed by atoms with E-state index in [4.69, 9.17) is 10.4 Å². The van der Waals surface area contributed by atoms with Gasteiger partial charge in [0.05, 0.1) is 10.6 Å². The third kappa shape index (κ3) is 2.21. The van der Waals surface area contributed by atoms with Crippen LogP contribution in [0.4, 0.5) is 11.4 Å². The van der Waals surface area contributed by atoms with Gasteiger partial charge >= 0.3 is 5.69 Å². The molecule has 0 saturated carbocycles. The fourth-order valence-electron chi connectivity index (χ4n) is 3.15. The number of nitrogens with zero attached hydrogens (tertiary/aromatic N) is 4. The van der Waals surface area contributed by atoms with Crippen LogP contribution in [-0.4, -0.2) is 33.9 Å². The summed E-state index contributed by atoms with van der Waals surface area (Å²) in [7, 11) is 0. The Labute approximate surface area is 121 Å². The second-order valence-corrected chi connectivity index (χ2v) is 5.40. The predicted octanol–water partition coefficient (Wildman–Crippen LogP) is 1.84. The number of piperidine rings is 1. The largest absolute Gasteiger partial charge is 0.363 e. The molecule has 2 heterocycles. The molecule has 1 aliphatic rings. The van der Waals surface area contributed by atoms with Crippen molar-refractivity contribution in [1.29, 1.82) is 0 Å². The molecule has 1 aromatic heterocycles. The summed E-state index contributed by atoms with van der Waals surface area (Å²) in [6.07, 6.45) is 3.19. The van der Waals surface area contributed by atoms with E-state index in [0.717, 1.165) is 24.9 Å². The lowest BCUT2D eigenvalue weighted by Crippen LogP contribution is -2.49. The van der Waals surface area contributed by atoms with Crippen LogP contribution >= 0.6 is 0 Å². The van der Waals surface area contributed by atoms with Gasteiger partial charge in [0.1, 0.15) is 0 Å².